The third kappa shape index (κ3) is 5.39. The number of carboxylic acid groups (broad SMARTS) is 1. The number of carbonyl (C=O) groups is 2. The number of rotatable bonds is 8. The molecule has 0 aromatic carbocycles. The summed E-state index contributed by atoms with van der Waals surface area (Å²) in [5.41, 5.74) is 0.366. The van der Waals surface area contributed by atoms with Gasteiger partial charge in [-0.05, 0) is 32.4 Å². The van der Waals surface area contributed by atoms with Crippen molar-refractivity contribution in [3.63, 3.8) is 0 Å². The number of ether oxygens (including phenoxy) is 2. The van der Waals surface area contributed by atoms with Crippen molar-refractivity contribution < 1.29 is 24.2 Å². The Hall–Kier alpha value is -2.15. The van der Waals surface area contributed by atoms with Crippen LogP contribution in [0.1, 0.15) is 29.5 Å². The van der Waals surface area contributed by atoms with E-state index in [2.05, 4.69) is 10.3 Å². The van der Waals surface area contributed by atoms with Crippen molar-refractivity contribution in [2.24, 2.45) is 0 Å². The van der Waals surface area contributed by atoms with Gasteiger partial charge in [0.1, 0.15) is 0 Å². The van der Waals surface area contributed by atoms with E-state index in [1.54, 1.807) is 27.0 Å². The van der Waals surface area contributed by atoms with Crippen LogP contribution in [0.15, 0.2) is 12.1 Å². The molecule has 0 aliphatic carbocycles. The maximum atomic E-state index is 11.8. The molecule has 1 atom stereocenters. The standard InChI is InChI=1S/C14H20N2O5/c1-9-5-6-11(12(16-9)14(18)19)21-10(2)13(17)15-7-4-8-20-3/h5-6,10H,4,7-8H2,1-3H3,(H,15,17)(H,18,19). The van der Waals surface area contributed by atoms with Crippen molar-refractivity contribution in [2.75, 3.05) is 20.3 Å². The van der Waals surface area contributed by atoms with Gasteiger partial charge in [-0.25, -0.2) is 9.78 Å². The first-order valence-electron chi connectivity index (χ1n) is 6.60. The van der Waals surface area contributed by atoms with Gasteiger partial charge in [0.15, 0.2) is 17.5 Å². The lowest BCUT2D eigenvalue weighted by atomic mass is 10.2. The van der Waals surface area contributed by atoms with Gasteiger partial charge in [0.05, 0.1) is 0 Å². The minimum absolute atomic E-state index is 0.0765. The Labute approximate surface area is 123 Å². The molecule has 0 saturated carbocycles. The summed E-state index contributed by atoms with van der Waals surface area (Å²) in [6, 6.07) is 3.13. The number of aromatic carboxylic acids is 1. The van der Waals surface area contributed by atoms with Crippen LogP contribution in [0.4, 0.5) is 0 Å². The van der Waals surface area contributed by atoms with Crippen LogP contribution in [-0.4, -0.2) is 48.3 Å². The number of hydrogen-bond donors (Lipinski definition) is 2. The fraction of sp³-hybridized carbons (Fsp3) is 0.500. The van der Waals surface area contributed by atoms with Crippen LogP contribution in [0.3, 0.4) is 0 Å². The summed E-state index contributed by atoms with van der Waals surface area (Å²) in [5.74, 6) is -1.43. The second-order valence-electron chi connectivity index (χ2n) is 4.50. The summed E-state index contributed by atoms with van der Waals surface area (Å²) in [7, 11) is 1.59. The fourth-order valence-corrected chi connectivity index (χ4v) is 1.61. The lowest BCUT2D eigenvalue weighted by Gasteiger charge is -2.16. The number of carboxylic acids is 1. The first-order chi connectivity index (χ1) is 9.95. The van der Waals surface area contributed by atoms with E-state index in [1.807, 2.05) is 0 Å². The molecule has 1 aromatic heterocycles. The van der Waals surface area contributed by atoms with Crippen LogP contribution in [0.25, 0.3) is 0 Å². The molecular weight excluding hydrogens is 276 g/mol. The molecule has 7 nitrogen and oxygen atoms in total. The van der Waals surface area contributed by atoms with Crippen LogP contribution >= 0.6 is 0 Å². The molecule has 0 radical (unpaired) electrons. The highest BCUT2D eigenvalue weighted by molar-refractivity contribution is 5.89. The second-order valence-corrected chi connectivity index (χ2v) is 4.50. The van der Waals surface area contributed by atoms with E-state index in [-0.39, 0.29) is 17.4 Å². The molecule has 0 fully saturated rings. The Bertz CT molecular complexity index is 504. The van der Waals surface area contributed by atoms with E-state index in [0.29, 0.717) is 25.3 Å². The van der Waals surface area contributed by atoms with E-state index in [9.17, 15) is 9.59 Å². The Kier molecular flexibility index (Phi) is 6.61. The van der Waals surface area contributed by atoms with Gasteiger partial charge in [0.2, 0.25) is 0 Å². The normalized spacial score (nSPS) is 11.8. The van der Waals surface area contributed by atoms with Crippen molar-refractivity contribution >= 4 is 11.9 Å². The minimum Gasteiger partial charge on any atom is -0.478 e. The van der Waals surface area contributed by atoms with Gasteiger partial charge < -0.3 is 19.9 Å². The fourth-order valence-electron chi connectivity index (χ4n) is 1.61. The van der Waals surface area contributed by atoms with Gasteiger partial charge in [-0.2, -0.15) is 0 Å². The van der Waals surface area contributed by atoms with Gasteiger partial charge in [-0.3, -0.25) is 4.79 Å². The molecule has 0 saturated heterocycles. The topological polar surface area (TPSA) is 97.8 Å². The lowest BCUT2D eigenvalue weighted by molar-refractivity contribution is -0.127. The third-order valence-corrected chi connectivity index (χ3v) is 2.70. The smallest absolute Gasteiger partial charge is 0.358 e. The molecule has 0 spiro atoms. The Morgan fingerprint density at radius 1 is 1.43 bits per heavy atom. The van der Waals surface area contributed by atoms with E-state index < -0.39 is 12.1 Å². The number of nitrogens with one attached hydrogen (secondary N) is 1. The maximum absolute atomic E-state index is 11.8. The summed E-state index contributed by atoms with van der Waals surface area (Å²) in [6.45, 7) is 4.26. The number of methoxy groups -OCH3 is 1. The number of amides is 1. The summed E-state index contributed by atoms with van der Waals surface area (Å²) in [4.78, 5) is 26.8. The summed E-state index contributed by atoms with van der Waals surface area (Å²) in [6.07, 6.45) is -0.114. The highest BCUT2D eigenvalue weighted by Gasteiger charge is 2.19. The number of aromatic nitrogens is 1. The van der Waals surface area contributed by atoms with Gasteiger partial charge >= 0.3 is 5.97 Å². The van der Waals surface area contributed by atoms with E-state index >= 15 is 0 Å². The van der Waals surface area contributed by atoms with Gasteiger partial charge in [-0.15, -0.1) is 0 Å². The van der Waals surface area contributed by atoms with Crippen molar-refractivity contribution in [3.8, 4) is 5.75 Å². The predicted molar refractivity (Wildman–Crippen MR) is 75.5 cm³/mol. The molecule has 1 amide bonds. The van der Waals surface area contributed by atoms with E-state index in [0.717, 1.165) is 0 Å². The molecule has 0 aliphatic rings. The van der Waals surface area contributed by atoms with Gasteiger partial charge in [-0.1, -0.05) is 0 Å². The molecule has 1 heterocycles. The second kappa shape index (κ2) is 8.21. The largest absolute Gasteiger partial charge is 0.478 e. The first-order valence-corrected chi connectivity index (χ1v) is 6.60. The van der Waals surface area contributed by atoms with Crippen molar-refractivity contribution in [3.05, 3.63) is 23.5 Å². The average molecular weight is 296 g/mol. The Balaban J connectivity index is 2.63. The van der Waals surface area contributed by atoms with Crippen molar-refractivity contribution in [1.29, 1.82) is 0 Å². The molecule has 2 N–H and O–H groups in total. The molecule has 21 heavy (non-hydrogen) atoms. The number of hydrogen-bond acceptors (Lipinski definition) is 5. The average Bonchev–Trinajstić information content (AvgIpc) is 2.44. The molecule has 0 bridgehead atoms. The predicted octanol–water partition coefficient (Wildman–Crippen LogP) is 1.01. The monoisotopic (exact) mass is 296 g/mol. The molecule has 1 aromatic rings. The highest BCUT2D eigenvalue weighted by Crippen LogP contribution is 2.18. The highest BCUT2D eigenvalue weighted by atomic mass is 16.5. The van der Waals surface area contributed by atoms with Crippen LogP contribution in [-0.2, 0) is 9.53 Å². The van der Waals surface area contributed by atoms with Crippen LogP contribution in [0, 0.1) is 6.92 Å². The zero-order valence-electron chi connectivity index (χ0n) is 12.4. The van der Waals surface area contributed by atoms with Gasteiger partial charge in [0.25, 0.3) is 5.91 Å². The third-order valence-electron chi connectivity index (χ3n) is 2.70. The maximum Gasteiger partial charge on any atom is 0.358 e. The van der Waals surface area contributed by atoms with Gasteiger partial charge in [0, 0.05) is 26.0 Å². The number of carbonyl (C=O) groups excluding carboxylic acids is 1. The van der Waals surface area contributed by atoms with E-state index in [1.165, 1.54) is 6.07 Å². The zero-order chi connectivity index (χ0) is 15.8. The van der Waals surface area contributed by atoms with E-state index in [4.69, 9.17) is 14.6 Å². The molecule has 116 valence electrons. The zero-order valence-corrected chi connectivity index (χ0v) is 12.4. The molecule has 1 unspecified atom stereocenters. The minimum atomic E-state index is -1.19. The Morgan fingerprint density at radius 3 is 2.76 bits per heavy atom. The SMILES string of the molecule is COCCCNC(=O)C(C)Oc1ccc(C)nc1C(=O)O. The van der Waals surface area contributed by atoms with Crippen molar-refractivity contribution in [1.82, 2.24) is 10.3 Å². The summed E-state index contributed by atoms with van der Waals surface area (Å²) >= 11 is 0. The van der Waals surface area contributed by atoms with Crippen LogP contribution in [0.5, 0.6) is 5.75 Å². The molecule has 7 heteroatoms. The number of nitrogens with zero attached hydrogens (tertiary/aromatic N) is 1. The van der Waals surface area contributed by atoms with Crippen molar-refractivity contribution in [2.45, 2.75) is 26.4 Å². The lowest BCUT2D eigenvalue weighted by Crippen LogP contribution is -2.37. The summed E-state index contributed by atoms with van der Waals surface area (Å²) < 4.78 is 10.3. The number of pyridine rings is 1. The molecule has 1 rings (SSSR count). The van der Waals surface area contributed by atoms with Crippen LogP contribution in [0.2, 0.25) is 0 Å². The van der Waals surface area contributed by atoms with Crippen LogP contribution < -0.4 is 10.1 Å². The molecular formula is C14H20N2O5. The quantitative estimate of drug-likeness (QED) is 0.695. The first kappa shape index (κ1) is 16.9. The molecule has 0 aliphatic heterocycles. The number of aryl methyl sites for hydroxylation is 1. The summed E-state index contributed by atoms with van der Waals surface area (Å²) in [5, 5.41) is 11.8. The Morgan fingerprint density at radius 2 is 2.14 bits per heavy atom.